The fourth-order valence-corrected chi connectivity index (χ4v) is 3.36. The first-order chi connectivity index (χ1) is 12.8. The number of rotatable bonds is 4. The van der Waals surface area contributed by atoms with Crippen LogP contribution in [0.3, 0.4) is 0 Å². The molecule has 1 atom stereocenters. The highest BCUT2D eigenvalue weighted by Gasteiger charge is 2.25. The lowest BCUT2D eigenvalue weighted by atomic mass is 9.99. The van der Waals surface area contributed by atoms with Gasteiger partial charge in [-0.05, 0) is 55.5 Å². The first-order valence-electron chi connectivity index (χ1n) is 8.96. The van der Waals surface area contributed by atoms with Crippen LogP contribution in [0.5, 0.6) is 0 Å². The fraction of sp³-hybridized carbons (Fsp3) is 0.350. The number of carbonyl (C=O) groups excluding carboxylic acids is 1. The number of piperidine rings is 1. The Bertz CT molecular complexity index is 885. The average molecular weight is 371 g/mol. The zero-order chi connectivity index (χ0) is 19.6. The number of nitro groups is 1. The van der Waals surface area contributed by atoms with Crippen LogP contribution in [0.4, 0.5) is 21.5 Å². The van der Waals surface area contributed by atoms with Crippen LogP contribution in [0.15, 0.2) is 36.4 Å². The predicted octanol–water partition coefficient (Wildman–Crippen LogP) is 4.53. The second-order valence-corrected chi connectivity index (χ2v) is 7.07. The van der Waals surface area contributed by atoms with Crippen LogP contribution in [0.1, 0.15) is 35.7 Å². The van der Waals surface area contributed by atoms with E-state index < -0.39 is 16.6 Å². The van der Waals surface area contributed by atoms with E-state index in [0.29, 0.717) is 22.9 Å². The Morgan fingerprint density at radius 2 is 2.07 bits per heavy atom. The van der Waals surface area contributed by atoms with Crippen molar-refractivity contribution in [3.05, 3.63) is 63.5 Å². The Morgan fingerprint density at radius 1 is 1.30 bits per heavy atom. The van der Waals surface area contributed by atoms with Gasteiger partial charge in [0.25, 0.3) is 11.6 Å². The molecule has 1 amide bonds. The Morgan fingerprint density at radius 3 is 2.74 bits per heavy atom. The number of hydrogen-bond donors (Lipinski definition) is 1. The number of hydrogen-bond acceptors (Lipinski definition) is 4. The second-order valence-electron chi connectivity index (χ2n) is 7.07. The molecule has 1 fully saturated rings. The van der Waals surface area contributed by atoms with Gasteiger partial charge in [0.05, 0.1) is 4.92 Å². The van der Waals surface area contributed by atoms with Crippen LogP contribution < -0.4 is 10.2 Å². The maximum absolute atomic E-state index is 13.6. The molecule has 1 N–H and O–H groups in total. The third-order valence-corrected chi connectivity index (χ3v) is 4.86. The number of benzene rings is 2. The lowest BCUT2D eigenvalue weighted by Crippen LogP contribution is -2.34. The highest BCUT2D eigenvalue weighted by atomic mass is 19.1. The summed E-state index contributed by atoms with van der Waals surface area (Å²) in [6.07, 6.45) is 2.09. The highest BCUT2D eigenvalue weighted by Crippen LogP contribution is 2.32. The molecule has 0 aromatic heterocycles. The molecule has 7 heteroatoms. The van der Waals surface area contributed by atoms with E-state index in [-0.39, 0.29) is 11.3 Å². The van der Waals surface area contributed by atoms with Gasteiger partial charge in [-0.2, -0.15) is 0 Å². The van der Waals surface area contributed by atoms with Crippen LogP contribution in [-0.4, -0.2) is 23.9 Å². The summed E-state index contributed by atoms with van der Waals surface area (Å²) in [5, 5.41) is 14.1. The van der Waals surface area contributed by atoms with Crippen molar-refractivity contribution in [3.8, 4) is 0 Å². The summed E-state index contributed by atoms with van der Waals surface area (Å²) in [7, 11) is 0. The minimum absolute atomic E-state index is 0.0909. The zero-order valence-corrected chi connectivity index (χ0v) is 15.4. The minimum atomic E-state index is -0.514. The Hall–Kier alpha value is -2.96. The van der Waals surface area contributed by atoms with Crippen LogP contribution >= 0.6 is 0 Å². The number of anilines is 2. The first-order valence-corrected chi connectivity index (χ1v) is 8.96. The fourth-order valence-electron chi connectivity index (χ4n) is 3.36. The highest BCUT2D eigenvalue weighted by molar-refractivity contribution is 6.05. The van der Waals surface area contributed by atoms with Crippen LogP contribution in [0.2, 0.25) is 0 Å². The van der Waals surface area contributed by atoms with Gasteiger partial charge in [0.1, 0.15) is 11.5 Å². The number of nitro benzene ring substituents is 1. The summed E-state index contributed by atoms with van der Waals surface area (Å²) in [5.74, 6) is -0.467. The van der Waals surface area contributed by atoms with E-state index in [9.17, 15) is 19.3 Å². The molecule has 0 radical (unpaired) electrons. The monoisotopic (exact) mass is 371 g/mol. The van der Waals surface area contributed by atoms with E-state index in [1.165, 1.54) is 12.1 Å². The molecule has 27 heavy (non-hydrogen) atoms. The first kappa shape index (κ1) is 18.8. The lowest BCUT2D eigenvalue weighted by Gasteiger charge is -2.32. The van der Waals surface area contributed by atoms with E-state index in [1.54, 1.807) is 31.2 Å². The zero-order valence-electron chi connectivity index (χ0n) is 15.4. The van der Waals surface area contributed by atoms with E-state index in [1.807, 2.05) is 4.90 Å². The predicted molar refractivity (Wildman–Crippen MR) is 103 cm³/mol. The molecule has 0 unspecified atom stereocenters. The molecule has 3 rings (SSSR count). The van der Waals surface area contributed by atoms with Gasteiger partial charge in [-0.25, -0.2) is 4.39 Å². The standard InChI is InChI=1S/C20H22FN3O3/c1-13-4-3-9-23(12-13)18-8-6-15(10-19(18)24(26)27)20(25)22-16-7-5-14(2)17(21)11-16/h5-8,10-11,13H,3-4,9,12H2,1-2H3,(H,22,25)/t13-/m1/s1. The summed E-state index contributed by atoms with van der Waals surface area (Å²) in [6, 6.07) is 8.87. The molecule has 0 aliphatic carbocycles. The van der Waals surface area contributed by atoms with Gasteiger partial charge in [0.15, 0.2) is 0 Å². The van der Waals surface area contributed by atoms with Crippen LogP contribution in [0, 0.1) is 28.8 Å². The summed E-state index contributed by atoms with van der Waals surface area (Å²) in [6.45, 7) is 5.28. The van der Waals surface area contributed by atoms with Crippen LogP contribution in [0.25, 0.3) is 0 Å². The molecule has 0 spiro atoms. The van der Waals surface area contributed by atoms with Gasteiger partial charge in [-0.3, -0.25) is 14.9 Å². The molecular weight excluding hydrogens is 349 g/mol. The molecule has 0 saturated carbocycles. The number of halogens is 1. The number of nitrogens with zero attached hydrogens (tertiary/aromatic N) is 2. The normalized spacial score (nSPS) is 16.9. The summed E-state index contributed by atoms with van der Waals surface area (Å²) >= 11 is 0. The Balaban J connectivity index is 1.85. The smallest absolute Gasteiger partial charge is 0.293 e. The molecule has 2 aromatic carbocycles. The summed E-state index contributed by atoms with van der Waals surface area (Å²) in [5.41, 5.74) is 1.39. The van der Waals surface area contributed by atoms with Crippen LogP contribution in [-0.2, 0) is 0 Å². The number of carbonyl (C=O) groups is 1. The third-order valence-electron chi connectivity index (χ3n) is 4.86. The second kappa shape index (κ2) is 7.73. The van der Waals surface area contributed by atoms with E-state index in [0.717, 1.165) is 25.9 Å². The van der Waals surface area contributed by atoms with Crippen molar-refractivity contribution in [3.63, 3.8) is 0 Å². The Labute approximate surface area is 157 Å². The van der Waals surface area contributed by atoms with E-state index in [2.05, 4.69) is 12.2 Å². The number of amides is 1. The molecule has 1 saturated heterocycles. The molecule has 0 bridgehead atoms. The Kier molecular flexibility index (Phi) is 5.39. The summed E-state index contributed by atoms with van der Waals surface area (Å²) in [4.78, 5) is 25.6. The molecule has 142 valence electrons. The number of aryl methyl sites for hydroxylation is 1. The third kappa shape index (κ3) is 4.24. The average Bonchev–Trinajstić information content (AvgIpc) is 2.64. The molecule has 1 aliphatic heterocycles. The topological polar surface area (TPSA) is 75.5 Å². The van der Waals surface area contributed by atoms with Crippen molar-refractivity contribution in [2.75, 3.05) is 23.3 Å². The molecule has 1 aliphatic rings. The van der Waals surface area contributed by atoms with Crippen molar-refractivity contribution in [2.24, 2.45) is 5.92 Å². The van der Waals surface area contributed by atoms with Gasteiger partial charge in [0.2, 0.25) is 0 Å². The summed E-state index contributed by atoms with van der Waals surface area (Å²) < 4.78 is 13.6. The largest absolute Gasteiger partial charge is 0.366 e. The van der Waals surface area contributed by atoms with Gasteiger partial charge < -0.3 is 10.2 Å². The van der Waals surface area contributed by atoms with Gasteiger partial charge in [-0.15, -0.1) is 0 Å². The van der Waals surface area contributed by atoms with Gasteiger partial charge in [0, 0.05) is 30.4 Å². The van der Waals surface area contributed by atoms with E-state index in [4.69, 9.17) is 0 Å². The minimum Gasteiger partial charge on any atom is -0.366 e. The maximum atomic E-state index is 13.6. The quantitative estimate of drug-likeness (QED) is 0.633. The van der Waals surface area contributed by atoms with Crippen molar-refractivity contribution < 1.29 is 14.1 Å². The molecule has 2 aromatic rings. The SMILES string of the molecule is Cc1ccc(NC(=O)c2ccc(N3CCC[C@@H](C)C3)c([N+](=O)[O-])c2)cc1F. The van der Waals surface area contributed by atoms with Gasteiger partial charge in [-0.1, -0.05) is 13.0 Å². The van der Waals surface area contributed by atoms with Crippen molar-refractivity contribution in [2.45, 2.75) is 26.7 Å². The number of nitrogens with one attached hydrogen (secondary N) is 1. The van der Waals surface area contributed by atoms with Crippen molar-refractivity contribution in [1.82, 2.24) is 0 Å². The molecular formula is C20H22FN3O3. The van der Waals surface area contributed by atoms with Crippen molar-refractivity contribution >= 4 is 23.0 Å². The van der Waals surface area contributed by atoms with Crippen molar-refractivity contribution in [1.29, 1.82) is 0 Å². The molecule has 6 nitrogen and oxygen atoms in total. The van der Waals surface area contributed by atoms with Gasteiger partial charge >= 0.3 is 0 Å². The molecule has 1 heterocycles. The maximum Gasteiger partial charge on any atom is 0.293 e. The van der Waals surface area contributed by atoms with E-state index >= 15 is 0 Å². The lowest BCUT2D eigenvalue weighted by molar-refractivity contribution is -0.384.